The zero-order chi connectivity index (χ0) is 13.5. The molecule has 0 saturated carbocycles. The lowest BCUT2D eigenvalue weighted by molar-refractivity contribution is -0.954. The number of hydrogen-bond donors (Lipinski definition) is 0. The largest absolute Gasteiger partial charge is 0.576 e. The molecule has 0 aromatic carbocycles. The van der Waals surface area contributed by atoms with Crippen molar-refractivity contribution in [3.63, 3.8) is 0 Å². The van der Waals surface area contributed by atoms with Crippen LogP contribution in [0.1, 0.15) is 33.6 Å². The van der Waals surface area contributed by atoms with E-state index in [1.165, 1.54) is 30.4 Å². The van der Waals surface area contributed by atoms with Crippen molar-refractivity contribution in [3.05, 3.63) is 0 Å². The summed E-state index contributed by atoms with van der Waals surface area (Å²) in [5.41, 5.74) is 0. The number of nitrogens with zero attached hydrogens (tertiary/aromatic N) is 1. The molecule has 104 valence electrons. The third-order valence-electron chi connectivity index (χ3n) is 3.10. The maximum absolute atomic E-state index is 10.2. The van der Waals surface area contributed by atoms with Crippen LogP contribution in [-0.2, 0) is 4.74 Å². The van der Waals surface area contributed by atoms with Gasteiger partial charge >= 0.3 is 6.39 Å². The highest BCUT2D eigenvalue weighted by Gasteiger charge is 2.34. The fourth-order valence-electron chi connectivity index (χ4n) is 2.03. The van der Waals surface area contributed by atoms with Gasteiger partial charge in [-0.1, -0.05) is 0 Å². The SMILES string of the molecule is CCOC[N+]1(C(C)C)CCCC1.F[B-](F)(F)Cl. The van der Waals surface area contributed by atoms with Gasteiger partial charge in [0.05, 0.1) is 19.1 Å². The van der Waals surface area contributed by atoms with Gasteiger partial charge in [0.25, 0.3) is 0 Å². The minimum absolute atomic E-state index is 0.721. The molecule has 0 aromatic heterocycles. The number of likely N-dealkylation sites (tertiary alicyclic amines) is 1. The van der Waals surface area contributed by atoms with Gasteiger partial charge in [-0.15, -0.1) is 0 Å². The lowest BCUT2D eigenvalue weighted by atomic mass is 10.3. The summed E-state index contributed by atoms with van der Waals surface area (Å²) >= 11 is 3.59. The van der Waals surface area contributed by atoms with Crippen molar-refractivity contribution in [2.24, 2.45) is 0 Å². The molecule has 0 amide bonds. The molecule has 0 aromatic rings. The van der Waals surface area contributed by atoms with Crippen LogP contribution >= 0.6 is 11.5 Å². The van der Waals surface area contributed by atoms with Crippen molar-refractivity contribution in [2.75, 3.05) is 26.4 Å². The van der Waals surface area contributed by atoms with E-state index in [1.54, 1.807) is 0 Å². The molecule has 0 radical (unpaired) electrons. The van der Waals surface area contributed by atoms with E-state index in [9.17, 15) is 12.9 Å². The van der Waals surface area contributed by atoms with Crippen molar-refractivity contribution in [3.8, 4) is 0 Å². The number of rotatable bonds is 4. The van der Waals surface area contributed by atoms with Crippen molar-refractivity contribution in [1.29, 1.82) is 0 Å². The van der Waals surface area contributed by atoms with Crippen LogP contribution in [0.25, 0.3) is 0 Å². The zero-order valence-corrected chi connectivity index (χ0v) is 11.5. The fourth-order valence-corrected chi connectivity index (χ4v) is 2.03. The van der Waals surface area contributed by atoms with Crippen LogP contribution in [0, 0.1) is 0 Å². The topological polar surface area (TPSA) is 9.23 Å². The van der Waals surface area contributed by atoms with Crippen LogP contribution in [-0.4, -0.2) is 43.3 Å². The average molecular weight is 276 g/mol. The molecule has 0 atom stereocenters. The Labute approximate surface area is 107 Å². The quantitative estimate of drug-likeness (QED) is 0.563. The van der Waals surface area contributed by atoms with E-state index in [2.05, 4.69) is 32.2 Å². The standard InChI is InChI=1S/C10H22NO.BClF3/c1-4-12-9-11(10(2)3)7-5-6-8-11;2-1(3,4)5/h10H,4-9H2,1-3H3;/q+1;-1. The summed E-state index contributed by atoms with van der Waals surface area (Å²) in [6.07, 6.45) is -2.27. The van der Waals surface area contributed by atoms with Crippen LogP contribution < -0.4 is 0 Å². The molecule has 1 saturated heterocycles. The summed E-state index contributed by atoms with van der Waals surface area (Å²) in [6.45, 7) is 11.1. The molecule has 0 unspecified atom stereocenters. The van der Waals surface area contributed by atoms with E-state index in [0.717, 1.165) is 19.4 Å². The Morgan fingerprint density at radius 3 is 1.94 bits per heavy atom. The van der Waals surface area contributed by atoms with Gasteiger partial charge in [0.2, 0.25) is 0 Å². The fraction of sp³-hybridized carbons (Fsp3) is 1.00. The molecule has 0 N–H and O–H groups in total. The van der Waals surface area contributed by atoms with Crippen LogP contribution in [0.15, 0.2) is 0 Å². The van der Waals surface area contributed by atoms with Crippen molar-refractivity contribution in [1.82, 2.24) is 0 Å². The lowest BCUT2D eigenvalue weighted by Crippen LogP contribution is -2.52. The highest BCUT2D eigenvalue weighted by Crippen LogP contribution is 2.23. The minimum Gasteiger partial charge on any atom is -0.435 e. The lowest BCUT2D eigenvalue weighted by Gasteiger charge is -2.37. The third kappa shape index (κ3) is 7.89. The Morgan fingerprint density at radius 2 is 1.65 bits per heavy atom. The van der Waals surface area contributed by atoms with E-state index < -0.39 is 6.39 Å². The van der Waals surface area contributed by atoms with Crippen LogP contribution in [0.2, 0.25) is 0 Å². The van der Waals surface area contributed by atoms with E-state index in [-0.39, 0.29) is 0 Å². The van der Waals surface area contributed by atoms with Gasteiger partial charge in [-0.25, -0.2) is 0 Å². The minimum atomic E-state index is -5.03. The Morgan fingerprint density at radius 1 is 1.24 bits per heavy atom. The Kier molecular flexibility index (Phi) is 7.52. The van der Waals surface area contributed by atoms with Gasteiger partial charge < -0.3 is 17.7 Å². The van der Waals surface area contributed by atoms with Crippen LogP contribution in [0.4, 0.5) is 12.9 Å². The van der Waals surface area contributed by atoms with E-state index in [0.29, 0.717) is 0 Å². The molecular formula is C10H22BClF3NO. The molecule has 1 aliphatic heterocycles. The summed E-state index contributed by atoms with van der Waals surface area (Å²) in [4.78, 5) is 0. The molecule has 0 bridgehead atoms. The second kappa shape index (κ2) is 7.49. The summed E-state index contributed by atoms with van der Waals surface area (Å²) < 4.78 is 37.3. The molecule has 0 aliphatic carbocycles. The average Bonchev–Trinajstić information content (AvgIpc) is 2.61. The van der Waals surface area contributed by atoms with E-state index in [4.69, 9.17) is 4.74 Å². The Balaban J connectivity index is 0.000000437. The molecule has 1 fully saturated rings. The normalized spacial score (nSPS) is 19.1. The number of halogens is 4. The van der Waals surface area contributed by atoms with Crippen molar-refractivity contribution >= 4 is 17.9 Å². The maximum atomic E-state index is 10.2. The number of ether oxygens (including phenoxy) is 1. The van der Waals surface area contributed by atoms with Crippen LogP contribution in [0.5, 0.6) is 0 Å². The van der Waals surface area contributed by atoms with Gasteiger partial charge in [-0.2, -0.15) is 0 Å². The van der Waals surface area contributed by atoms with E-state index in [1.807, 2.05) is 0 Å². The zero-order valence-electron chi connectivity index (χ0n) is 10.8. The second-order valence-corrected chi connectivity index (χ2v) is 5.08. The molecule has 0 spiro atoms. The van der Waals surface area contributed by atoms with Gasteiger partial charge in [0, 0.05) is 19.4 Å². The highest BCUT2D eigenvalue weighted by atomic mass is 35.5. The molecule has 1 rings (SSSR count). The first kappa shape index (κ1) is 17.1. The summed E-state index contributed by atoms with van der Waals surface area (Å²) in [6, 6.07) is 0.721. The second-order valence-electron chi connectivity index (χ2n) is 4.58. The smallest absolute Gasteiger partial charge is 0.435 e. The van der Waals surface area contributed by atoms with Gasteiger partial charge in [-0.3, -0.25) is 15.9 Å². The molecule has 17 heavy (non-hydrogen) atoms. The Bertz CT molecular complexity index is 202. The maximum Gasteiger partial charge on any atom is 0.576 e. The first-order chi connectivity index (χ1) is 7.71. The predicted molar refractivity (Wildman–Crippen MR) is 65.8 cm³/mol. The first-order valence-electron chi connectivity index (χ1n) is 6.02. The van der Waals surface area contributed by atoms with Crippen molar-refractivity contribution < 1.29 is 22.2 Å². The first-order valence-corrected chi connectivity index (χ1v) is 6.46. The summed E-state index contributed by atoms with van der Waals surface area (Å²) in [5, 5.41) is 0. The Hall–Kier alpha value is 0.0649. The number of quaternary nitrogens is 1. The molecule has 7 heteroatoms. The number of hydrogen-bond acceptors (Lipinski definition) is 1. The van der Waals surface area contributed by atoms with E-state index >= 15 is 0 Å². The molecule has 2 nitrogen and oxygen atoms in total. The summed E-state index contributed by atoms with van der Waals surface area (Å²) in [7, 11) is 0. The molecule has 1 aliphatic rings. The third-order valence-corrected chi connectivity index (χ3v) is 3.10. The highest BCUT2D eigenvalue weighted by molar-refractivity contribution is 7.08. The molecule has 1 heterocycles. The molecular weight excluding hydrogens is 253 g/mol. The predicted octanol–water partition coefficient (Wildman–Crippen LogP) is 3.57. The van der Waals surface area contributed by atoms with Crippen LogP contribution in [0.3, 0.4) is 0 Å². The summed E-state index contributed by atoms with van der Waals surface area (Å²) in [5.74, 6) is 0. The monoisotopic (exact) mass is 275 g/mol. The van der Waals surface area contributed by atoms with Crippen molar-refractivity contribution in [2.45, 2.75) is 39.7 Å². The van der Waals surface area contributed by atoms with Gasteiger partial charge in [-0.05, 0) is 20.8 Å². The van der Waals surface area contributed by atoms with Gasteiger partial charge in [0.15, 0.2) is 6.73 Å². The van der Waals surface area contributed by atoms with Gasteiger partial charge in [0.1, 0.15) is 0 Å².